The first kappa shape index (κ1) is 11.5. The standard InChI is InChI=1S/C11H11Cl2N3/c1-7-10(13)6-16(15-7)11-3-2-8(5-14)4-9(11)12/h2-4,6H,5,14H2,1H3. The number of nitrogens with zero attached hydrogens (tertiary/aromatic N) is 2. The molecule has 16 heavy (non-hydrogen) atoms. The molecule has 0 aliphatic carbocycles. The first-order chi connectivity index (χ1) is 7.61. The van der Waals surface area contributed by atoms with E-state index in [-0.39, 0.29) is 0 Å². The molecule has 2 N–H and O–H groups in total. The lowest BCUT2D eigenvalue weighted by molar-refractivity contribution is 0.861. The fourth-order valence-corrected chi connectivity index (χ4v) is 1.85. The average molecular weight is 256 g/mol. The molecule has 0 aliphatic rings. The summed E-state index contributed by atoms with van der Waals surface area (Å²) in [4.78, 5) is 0. The summed E-state index contributed by atoms with van der Waals surface area (Å²) in [5.74, 6) is 0. The highest BCUT2D eigenvalue weighted by atomic mass is 35.5. The number of benzene rings is 1. The van der Waals surface area contributed by atoms with Crippen molar-refractivity contribution in [3.8, 4) is 5.69 Å². The fourth-order valence-electron chi connectivity index (χ4n) is 1.43. The third-order valence-electron chi connectivity index (χ3n) is 2.33. The summed E-state index contributed by atoms with van der Waals surface area (Å²) in [7, 11) is 0. The van der Waals surface area contributed by atoms with Gasteiger partial charge in [0.25, 0.3) is 0 Å². The van der Waals surface area contributed by atoms with Crippen LogP contribution in [-0.4, -0.2) is 9.78 Å². The minimum Gasteiger partial charge on any atom is -0.326 e. The van der Waals surface area contributed by atoms with E-state index in [2.05, 4.69) is 5.10 Å². The number of rotatable bonds is 2. The molecule has 0 atom stereocenters. The molecule has 1 aromatic carbocycles. The molecule has 2 aromatic rings. The Hall–Kier alpha value is -1.03. The number of hydrogen-bond donors (Lipinski definition) is 1. The van der Waals surface area contributed by atoms with Crippen LogP contribution in [0.5, 0.6) is 0 Å². The third kappa shape index (κ3) is 2.07. The van der Waals surface area contributed by atoms with Crippen molar-refractivity contribution in [2.45, 2.75) is 13.5 Å². The lowest BCUT2D eigenvalue weighted by Gasteiger charge is -2.05. The van der Waals surface area contributed by atoms with Gasteiger partial charge in [0.1, 0.15) is 0 Å². The Kier molecular flexibility index (Phi) is 3.19. The molecule has 0 radical (unpaired) electrons. The Morgan fingerprint density at radius 3 is 2.56 bits per heavy atom. The predicted molar refractivity (Wildman–Crippen MR) is 66.2 cm³/mol. The van der Waals surface area contributed by atoms with Gasteiger partial charge in [-0.1, -0.05) is 29.3 Å². The van der Waals surface area contributed by atoms with E-state index in [4.69, 9.17) is 28.9 Å². The van der Waals surface area contributed by atoms with E-state index >= 15 is 0 Å². The van der Waals surface area contributed by atoms with Crippen LogP contribution in [0.2, 0.25) is 10.0 Å². The first-order valence-electron chi connectivity index (χ1n) is 4.82. The highest BCUT2D eigenvalue weighted by molar-refractivity contribution is 6.32. The maximum Gasteiger partial charge on any atom is 0.0832 e. The van der Waals surface area contributed by atoms with Gasteiger partial charge in [-0.25, -0.2) is 4.68 Å². The van der Waals surface area contributed by atoms with Crippen LogP contribution >= 0.6 is 23.2 Å². The zero-order valence-corrected chi connectivity index (χ0v) is 10.3. The van der Waals surface area contributed by atoms with E-state index in [0.29, 0.717) is 16.6 Å². The number of nitrogens with two attached hydrogens (primary N) is 1. The SMILES string of the molecule is Cc1nn(-c2ccc(CN)cc2Cl)cc1Cl. The monoisotopic (exact) mass is 255 g/mol. The predicted octanol–water partition coefficient (Wildman–Crippen LogP) is 2.95. The molecular formula is C11H11Cl2N3. The van der Waals surface area contributed by atoms with Gasteiger partial charge in [-0.3, -0.25) is 0 Å². The molecule has 0 amide bonds. The molecule has 0 spiro atoms. The van der Waals surface area contributed by atoms with Crippen LogP contribution in [0.3, 0.4) is 0 Å². The lowest BCUT2D eigenvalue weighted by Crippen LogP contribution is -2.00. The topological polar surface area (TPSA) is 43.8 Å². The smallest absolute Gasteiger partial charge is 0.0832 e. The second-order valence-corrected chi connectivity index (χ2v) is 4.31. The first-order valence-corrected chi connectivity index (χ1v) is 5.58. The zero-order chi connectivity index (χ0) is 11.7. The van der Waals surface area contributed by atoms with Crippen LogP contribution in [0.1, 0.15) is 11.3 Å². The molecule has 2 rings (SSSR count). The van der Waals surface area contributed by atoms with Crippen molar-refractivity contribution in [2.24, 2.45) is 5.73 Å². The Morgan fingerprint density at radius 1 is 1.31 bits per heavy atom. The Bertz CT molecular complexity index is 500. The highest BCUT2D eigenvalue weighted by Gasteiger charge is 2.07. The molecule has 1 heterocycles. The number of aromatic nitrogens is 2. The van der Waals surface area contributed by atoms with Gasteiger partial charge in [-0.2, -0.15) is 5.10 Å². The summed E-state index contributed by atoms with van der Waals surface area (Å²) in [5.41, 5.74) is 8.10. The minimum atomic E-state index is 0.471. The van der Waals surface area contributed by atoms with E-state index < -0.39 is 0 Å². The van der Waals surface area contributed by atoms with Crippen molar-refractivity contribution in [3.05, 3.63) is 45.7 Å². The fraction of sp³-hybridized carbons (Fsp3) is 0.182. The molecule has 3 nitrogen and oxygen atoms in total. The van der Waals surface area contributed by atoms with Crippen LogP contribution in [0.25, 0.3) is 5.69 Å². The van der Waals surface area contributed by atoms with Crippen molar-refractivity contribution < 1.29 is 0 Å². The van der Waals surface area contributed by atoms with Gasteiger partial charge in [0.15, 0.2) is 0 Å². The molecule has 0 fully saturated rings. The molecular weight excluding hydrogens is 245 g/mol. The summed E-state index contributed by atoms with van der Waals surface area (Å²) in [6, 6.07) is 5.64. The Labute approximate surface area is 104 Å². The summed E-state index contributed by atoms with van der Waals surface area (Å²) in [6.45, 7) is 2.32. The van der Waals surface area contributed by atoms with E-state index in [1.165, 1.54) is 0 Å². The highest BCUT2D eigenvalue weighted by Crippen LogP contribution is 2.23. The maximum atomic E-state index is 6.14. The summed E-state index contributed by atoms with van der Waals surface area (Å²) < 4.78 is 1.67. The average Bonchev–Trinajstić information content (AvgIpc) is 2.58. The molecule has 0 bridgehead atoms. The van der Waals surface area contributed by atoms with E-state index in [9.17, 15) is 0 Å². The van der Waals surface area contributed by atoms with Gasteiger partial charge in [0, 0.05) is 12.7 Å². The van der Waals surface area contributed by atoms with Crippen molar-refractivity contribution in [2.75, 3.05) is 0 Å². The van der Waals surface area contributed by atoms with Crippen LogP contribution in [0.15, 0.2) is 24.4 Å². The summed E-state index contributed by atoms with van der Waals surface area (Å²) >= 11 is 12.1. The minimum absolute atomic E-state index is 0.471. The van der Waals surface area contributed by atoms with Crippen molar-refractivity contribution in [1.29, 1.82) is 0 Å². The van der Waals surface area contributed by atoms with Crippen LogP contribution in [-0.2, 0) is 6.54 Å². The normalized spacial score (nSPS) is 10.8. The van der Waals surface area contributed by atoms with Gasteiger partial charge < -0.3 is 5.73 Å². The molecule has 0 saturated carbocycles. The van der Waals surface area contributed by atoms with Crippen LogP contribution in [0, 0.1) is 6.92 Å². The lowest BCUT2D eigenvalue weighted by atomic mass is 10.2. The van der Waals surface area contributed by atoms with Gasteiger partial charge in [-0.15, -0.1) is 0 Å². The Balaban J connectivity index is 2.48. The largest absolute Gasteiger partial charge is 0.326 e. The van der Waals surface area contributed by atoms with Gasteiger partial charge in [0.2, 0.25) is 0 Å². The van der Waals surface area contributed by atoms with Gasteiger partial charge in [-0.05, 0) is 24.6 Å². The van der Waals surface area contributed by atoms with Crippen LogP contribution < -0.4 is 5.73 Å². The zero-order valence-electron chi connectivity index (χ0n) is 8.74. The number of hydrogen-bond acceptors (Lipinski definition) is 2. The molecule has 84 valence electrons. The molecule has 0 saturated heterocycles. The summed E-state index contributed by atoms with van der Waals surface area (Å²) in [6.07, 6.45) is 1.74. The third-order valence-corrected chi connectivity index (χ3v) is 3.01. The van der Waals surface area contributed by atoms with E-state index in [0.717, 1.165) is 16.9 Å². The summed E-state index contributed by atoms with van der Waals surface area (Å²) in [5, 5.41) is 5.50. The van der Waals surface area contributed by atoms with E-state index in [1.807, 2.05) is 25.1 Å². The Morgan fingerprint density at radius 2 is 2.06 bits per heavy atom. The second-order valence-electron chi connectivity index (χ2n) is 3.50. The van der Waals surface area contributed by atoms with E-state index in [1.54, 1.807) is 10.9 Å². The molecule has 5 heteroatoms. The molecule has 0 unspecified atom stereocenters. The quantitative estimate of drug-likeness (QED) is 0.897. The van der Waals surface area contributed by atoms with Crippen molar-refractivity contribution in [1.82, 2.24) is 9.78 Å². The van der Waals surface area contributed by atoms with Crippen molar-refractivity contribution >= 4 is 23.2 Å². The maximum absolute atomic E-state index is 6.14. The number of aryl methyl sites for hydroxylation is 1. The van der Waals surface area contributed by atoms with Gasteiger partial charge >= 0.3 is 0 Å². The molecule has 0 aliphatic heterocycles. The van der Waals surface area contributed by atoms with Gasteiger partial charge in [0.05, 0.1) is 21.4 Å². The second kappa shape index (κ2) is 4.45. The van der Waals surface area contributed by atoms with Crippen LogP contribution in [0.4, 0.5) is 0 Å². The van der Waals surface area contributed by atoms with Crippen molar-refractivity contribution in [3.63, 3.8) is 0 Å². The number of halogens is 2. The molecule has 1 aromatic heterocycles.